The Balaban J connectivity index is 1.69. The van der Waals surface area contributed by atoms with E-state index in [2.05, 4.69) is 10.0 Å². The van der Waals surface area contributed by atoms with Crippen molar-refractivity contribution < 1.29 is 22.7 Å². The minimum absolute atomic E-state index is 0.0103. The maximum atomic E-state index is 15.5. The van der Waals surface area contributed by atoms with Crippen molar-refractivity contribution in [3.8, 4) is 11.1 Å². The summed E-state index contributed by atoms with van der Waals surface area (Å²) < 4.78 is 54.1. The molecule has 4 rings (SSSR count). The van der Waals surface area contributed by atoms with E-state index in [9.17, 15) is 9.18 Å². The number of ether oxygens (including phenoxy) is 1. The molecule has 188 valence electrons. The van der Waals surface area contributed by atoms with Crippen molar-refractivity contribution >= 4 is 34.8 Å². The minimum atomic E-state index is -1.00. The van der Waals surface area contributed by atoms with E-state index in [0.29, 0.717) is 19.6 Å². The Labute approximate surface area is 212 Å². The number of likely N-dealkylation sites (N-methyl/N-ethyl adjacent to an activating group) is 1. The lowest BCUT2D eigenvalue weighted by Crippen LogP contribution is -2.20. The van der Waals surface area contributed by atoms with Crippen LogP contribution in [0.1, 0.15) is 36.5 Å². The highest BCUT2D eigenvalue weighted by Crippen LogP contribution is 2.38. The molecule has 9 heteroatoms. The lowest BCUT2D eigenvalue weighted by molar-refractivity contribution is -0.115. The van der Waals surface area contributed by atoms with E-state index in [1.54, 1.807) is 6.08 Å². The number of rotatable bonds is 8. The predicted molar refractivity (Wildman–Crippen MR) is 138 cm³/mol. The number of amides is 1. The fourth-order valence-electron chi connectivity index (χ4n) is 4.03. The molecule has 3 aromatic rings. The van der Waals surface area contributed by atoms with Gasteiger partial charge in [0.25, 0.3) is 5.91 Å². The van der Waals surface area contributed by atoms with Gasteiger partial charge >= 0.3 is 0 Å². The quantitative estimate of drug-likeness (QED) is 0.184. The topological polar surface area (TPSA) is 76.4 Å². The lowest BCUT2D eigenvalue weighted by atomic mass is 9.95. The van der Waals surface area contributed by atoms with Crippen molar-refractivity contribution in [2.75, 3.05) is 17.5 Å². The molecule has 0 saturated heterocycles. The summed E-state index contributed by atoms with van der Waals surface area (Å²) in [5, 5.41) is 2.51. The molecule has 0 spiro atoms. The molecular weight excluding hydrogens is 487 g/mol. The Morgan fingerprint density at radius 3 is 2.67 bits per heavy atom. The maximum absolute atomic E-state index is 15.5. The van der Waals surface area contributed by atoms with Crippen LogP contribution in [0.25, 0.3) is 16.7 Å². The van der Waals surface area contributed by atoms with Gasteiger partial charge in [-0.05, 0) is 47.7 Å². The highest BCUT2D eigenvalue weighted by Gasteiger charge is 2.24. The Hall–Kier alpha value is -3.43. The fraction of sp³-hybridized carbons (Fsp3) is 0.222. The van der Waals surface area contributed by atoms with Crippen LogP contribution in [0, 0.1) is 17.5 Å². The molecule has 0 aliphatic carbocycles. The average molecular weight is 514 g/mol. The normalized spacial score (nSPS) is 13.0. The molecule has 1 aliphatic heterocycles. The molecule has 1 aliphatic rings. The van der Waals surface area contributed by atoms with Crippen LogP contribution >= 0.6 is 11.9 Å². The molecule has 5 nitrogen and oxygen atoms in total. The van der Waals surface area contributed by atoms with Crippen LogP contribution in [0.3, 0.4) is 0 Å². The van der Waals surface area contributed by atoms with Gasteiger partial charge in [0.05, 0.1) is 30.2 Å². The van der Waals surface area contributed by atoms with E-state index in [1.165, 1.54) is 37.2 Å². The minimum Gasteiger partial charge on any atom is -0.396 e. The van der Waals surface area contributed by atoms with Crippen LogP contribution in [0.15, 0.2) is 53.4 Å². The first-order valence-corrected chi connectivity index (χ1v) is 12.3. The number of benzene rings is 3. The molecule has 36 heavy (non-hydrogen) atoms. The third-order valence-electron chi connectivity index (χ3n) is 5.94. The van der Waals surface area contributed by atoms with E-state index in [0.717, 1.165) is 28.5 Å². The number of nitrogens with two attached hydrogens (primary N) is 1. The molecule has 1 heterocycles. The SMILES string of the molecule is CCC/C=C(/C(=O)NC)c1ccc(-c2c(F)ccc(NSc3cccc4c3COC4)c2F)c(F)c1N. The zero-order valence-corrected chi connectivity index (χ0v) is 20.7. The second-order valence-corrected chi connectivity index (χ2v) is 9.10. The first-order chi connectivity index (χ1) is 17.4. The smallest absolute Gasteiger partial charge is 0.251 e. The molecule has 0 bridgehead atoms. The lowest BCUT2D eigenvalue weighted by Gasteiger charge is -2.16. The van der Waals surface area contributed by atoms with E-state index in [1.807, 2.05) is 25.1 Å². The Bertz CT molecular complexity index is 1340. The van der Waals surface area contributed by atoms with Crippen LogP contribution in [-0.4, -0.2) is 13.0 Å². The molecule has 1 amide bonds. The first-order valence-electron chi connectivity index (χ1n) is 11.5. The van der Waals surface area contributed by atoms with Crippen molar-refractivity contribution in [3.63, 3.8) is 0 Å². The van der Waals surface area contributed by atoms with Crippen LogP contribution in [0.4, 0.5) is 24.5 Å². The number of fused-ring (bicyclic) bond motifs is 1. The number of unbranched alkanes of at least 4 members (excludes halogenated alkanes) is 1. The largest absolute Gasteiger partial charge is 0.396 e. The molecule has 0 aromatic heterocycles. The zero-order valence-electron chi connectivity index (χ0n) is 19.9. The number of halogens is 3. The second-order valence-electron chi connectivity index (χ2n) is 8.25. The highest BCUT2D eigenvalue weighted by molar-refractivity contribution is 8.00. The summed E-state index contributed by atoms with van der Waals surface area (Å²) in [5.41, 5.74) is 7.23. The van der Waals surface area contributed by atoms with Gasteiger partial charge in [-0.3, -0.25) is 4.79 Å². The second kappa shape index (κ2) is 11.1. The van der Waals surface area contributed by atoms with Gasteiger partial charge in [-0.1, -0.05) is 43.7 Å². The Morgan fingerprint density at radius 2 is 1.92 bits per heavy atom. The summed E-state index contributed by atoms with van der Waals surface area (Å²) in [4.78, 5) is 13.2. The number of hydrogen-bond acceptors (Lipinski definition) is 5. The third-order valence-corrected chi connectivity index (χ3v) is 6.87. The summed E-state index contributed by atoms with van der Waals surface area (Å²) in [6, 6.07) is 10.7. The van der Waals surface area contributed by atoms with Gasteiger partial charge in [0.2, 0.25) is 0 Å². The van der Waals surface area contributed by atoms with Gasteiger partial charge in [-0.2, -0.15) is 0 Å². The summed E-state index contributed by atoms with van der Waals surface area (Å²) in [5.74, 6) is -3.32. The number of carbonyl (C=O) groups excluding carboxylic acids is 1. The Kier molecular flexibility index (Phi) is 7.91. The number of nitrogen functional groups attached to an aromatic ring is 1. The molecule has 0 radical (unpaired) electrons. The Morgan fingerprint density at radius 1 is 1.11 bits per heavy atom. The van der Waals surface area contributed by atoms with Crippen LogP contribution in [0.5, 0.6) is 0 Å². The standard InChI is InChI=1S/C27H26F3N3O2S/c1-3-4-7-17(27(34)32-2)16-9-10-18(24(29)26(16)31)23-20(28)11-12-21(25(23)30)33-36-22-8-5-6-15-13-35-14-19(15)22/h5-12,33H,3-4,13-14,31H2,1-2H3,(H,32,34)/b17-7+. The summed E-state index contributed by atoms with van der Waals surface area (Å²) >= 11 is 1.17. The van der Waals surface area contributed by atoms with Gasteiger partial charge in [0, 0.05) is 28.6 Å². The predicted octanol–water partition coefficient (Wildman–Crippen LogP) is 6.43. The number of carbonyl (C=O) groups is 1. The van der Waals surface area contributed by atoms with E-state index in [-0.39, 0.29) is 28.1 Å². The van der Waals surface area contributed by atoms with Gasteiger partial charge in [-0.25, -0.2) is 13.2 Å². The fourth-order valence-corrected chi connectivity index (χ4v) is 4.86. The number of nitrogens with one attached hydrogen (secondary N) is 2. The van der Waals surface area contributed by atoms with E-state index >= 15 is 8.78 Å². The zero-order chi connectivity index (χ0) is 25.8. The molecular formula is C27H26F3N3O2S. The van der Waals surface area contributed by atoms with Crippen molar-refractivity contribution in [2.24, 2.45) is 0 Å². The number of allylic oxidation sites excluding steroid dienone is 1. The van der Waals surface area contributed by atoms with Gasteiger partial charge in [-0.15, -0.1) is 0 Å². The van der Waals surface area contributed by atoms with Gasteiger partial charge in [0.1, 0.15) is 5.82 Å². The molecule has 0 saturated carbocycles. The molecule has 4 N–H and O–H groups in total. The maximum Gasteiger partial charge on any atom is 0.251 e. The van der Waals surface area contributed by atoms with E-state index in [4.69, 9.17) is 10.5 Å². The summed E-state index contributed by atoms with van der Waals surface area (Å²) in [7, 11) is 1.46. The monoisotopic (exact) mass is 513 g/mol. The van der Waals surface area contributed by atoms with Crippen molar-refractivity contribution in [1.82, 2.24) is 5.32 Å². The van der Waals surface area contributed by atoms with Crippen molar-refractivity contribution in [1.29, 1.82) is 0 Å². The average Bonchev–Trinajstić information content (AvgIpc) is 3.36. The molecule has 0 unspecified atom stereocenters. The first kappa shape index (κ1) is 25.7. The molecule has 3 aromatic carbocycles. The van der Waals surface area contributed by atoms with Gasteiger partial charge in [0.15, 0.2) is 11.6 Å². The number of hydrogen-bond donors (Lipinski definition) is 3. The molecule has 0 fully saturated rings. The van der Waals surface area contributed by atoms with E-state index < -0.39 is 28.9 Å². The van der Waals surface area contributed by atoms with Crippen LogP contribution < -0.4 is 15.8 Å². The summed E-state index contributed by atoms with van der Waals surface area (Å²) in [6.45, 7) is 2.92. The molecule has 0 atom stereocenters. The number of anilines is 2. The highest BCUT2D eigenvalue weighted by atomic mass is 32.2. The van der Waals surface area contributed by atoms with Crippen molar-refractivity contribution in [3.05, 3.63) is 82.7 Å². The summed E-state index contributed by atoms with van der Waals surface area (Å²) in [6.07, 6.45) is 3.02. The van der Waals surface area contributed by atoms with Crippen LogP contribution in [-0.2, 0) is 22.7 Å². The third kappa shape index (κ3) is 4.94. The van der Waals surface area contributed by atoms with Gasteiger partial charge < -0.3 is 20.5 Å². The van der Waals surface area contributed by atoms with Crippen molar-refractivity contribution in [2.45, 2.75) is 37.9 Å². The van der Waals surface area contributed by atoms with Crippen LogP contribution in [0.2, 0.25) is 0 Å².